The number of hydrogen-bond acceptors (Lipinski definition) is 3. The van der Waals surface area contributed by atoms with Crippen LogP contribution in [0.3, 0.4) is 0 Å². The van der Waals surface area contributed by atoms with Gasteiger partial charge in [-0.25, -0.2) is 0 Å². The monoisotopic (exact) mass is 276 g/mol. The number of carbonyl (C=O) groups is 1. The Morgan fingerprint density at radius 1 is 1.30 bits per heavy atom. The highest BCUT2D eigenvalue weighted by molar-refractivity contribution is 5.94. The van der Waals surface area contributed by atoms with Gasteiger partial charge in [-0.05, 0) is 31.0 Å². The molecule has 1 heterocycles. The maximum absolute atomic E-state index is 12.0. The lowest BCUT2D eigenvalue weighted by molar-refractivity contribution is 0.0342. The van der Waals surface area contributed by atoms with E-state index < -0.39 is 0 Å². The van der Waals surface area contributed by atoms with Crippen molar-refractivity contribution in [1.82, 2.24) is 10.2 Å². The third kappa shape index (κ3) is 4.32. The van der Waals surface area contributed by atoms with Gasteiger partial charge in [-0.1, -0.05) is 19.1 Å². The van der Waals surface area contributed by atoms with E-state index in [0.717, 1.165) is 44.8 Å². The van der Waals surface area contributed by atoms with Gasteiger partial charge in [-0.2, -0.15) is 0 Å². The number of morpholine rings is 1. The number of rotatable bonds is 5. The second kappa shape index (κ2) is 7.41. The number of amides is 1. The van der Waals surface area contributed by atoms with Crippen molar-refractivity contribution in [1.29, 1.82) is 0 Å². The lowest BCUT2D eigenvalue weighted by Crippen LogP contribution is -2.35. The van der Waals surface area contributed by atoms with Crippen molar-refractivity contribution < 1.29 is 9.53 Å². The van der Waals surface area contributed by atoms with Crippen LogP contribution in [0.5, 0.6) is 0 Å². The maximum Gasteiger partial charge on any atom is 0.251 e. The van der Waals surface area contributed by atoms with Crippen LogP contribution in [0.15, 0.2) is 24.3 Å². The Balaban J connectivity index is 1.90. The summed E-state index contributed by atoms with van der Waals surface area (Å²) in [4.78, 5) is 14.3. The van der Waals surface area contributed by atoms with Gasteiger partial charge >= 0.3 is 0 Å². The highest BCUT2D eigenvalue weighted by atomic mass is 16.5. The molecule has 1 aliphatic heterocycles. The van der Waals surface area contributed by atoms with Gasteiger partial charge in [0.05, 0.1) is 13.2 Å². The zero-order chi connectivity index (χ0) is 14.4. The highest BCUT2D eigenvalue weighted by Crippen LogP contribution is 2.09. The Morgan fingerprint density at radius 2 is 1.95 bits per heavy atom. The molecule has 4 heteroatoms. The molecular weight excluding hydrogens is 252 g/mol. The van der Waals surface area contributed by atoms with E-state index in [2.05, 4.69) is 17.1 Å². The van der Waals surface area contributed by atoms with Crippen LogP contribution in [-0.2, 0) is 11.3 Å². The molecule has 1 aromatic rings. The first-order valence-corrected chi connectivity index (χ1v) is 7.39. The van der Waals surface area contributed by atoms with Crippen LogP contribution >= 0.6 is 0 Å². The largest absolute Gasteiger partial charge is 0.379 e. The van der Waals surface area contributed by atoms with E-state index >= 15 is 0 Å². The number of nitrogens with one attached hydrogen (secondary N) is 1. The van der Waals surface area contributed by atoms with Gasteiger partial charge in [0.2, 0.25) is 0 Å². The minimum Gasteiger partial charge on any atom is -0.379 e. The summed E-state index contributed by atoms with van der Waals surface area (Å²) in [6, 6.07) is 8.12. The standard InChI is InChI=1S/C16H24N2O2/c1-3-13(2)17-16(19)15-6-4-14(5-7-15)12-18-8-10-20-11-9-18/h4-7,13H,3,8-12H2,1-2H3,(H,17,19)/t13-/m1/s1. The molecule has 110 valence electrons. The summed E-state index contributed by atoms with van der Waals surface area (Å²) in [6.07, 6.45) is 0.945. The minimum absolute atomic E-state index is 0.0114. The van der Waals surface area contributed by atoms with Gasteiger partial charge in [-0.3, -0.25) is 9.69 Å². The fraction of sp³-hybridized carbons (Fsp3) is 0.562. The number of carbonyl (C=O) groups excluding carboxylic acids is 1. The van der Waals surface area contributed by atoms with E-state index in [1.165, 1.54) is 5.56 Å². The predicted octanol–water partition coefficient (Wildman–Crippen LogP) is 2.05. The summed E-state index contributed by atoms with van der Waals surface area (Å²) < 4.78 is 5.34. The molecule has 0 radical (unpaired) electrons. The van der Waals surface area contributed by atoms with E-state index in [4.69, 9.17) is 4.74 Å². The maximum atomic E-state index is 12.0. The topological polar surface area (TPSA) is 41.6 Å². The predicted molar refractivity (Wildman–Crippen MR) is 79.8 cm³/mol. The van der Waals surface area contributed by atoms with Crippen molar-refractivity contribution in [3.05, 3.63) is 35.4 Å². The molecule has 2 rings (SSSR count). The molecule has 1 N–H and O–H groups in total. The number of hydrogen-bond donors (Lipinski definition) is 1. The summed E-state index contributed by atoms with van der Waals surface area (Å²) >= 11 is 0. The Morgan fingerprint density at radius 3 is 2.55 bits per heavy atom. The van der Waals surface area contributed by atoms with Gasteiger partial charge in [0, 0.05) is 31.2 Å². The Hall–Kier alpha value is -1.39. The second-order valence-corrected chi connectivity index (χ2v) is 5.37. The minimum atomic E-state index is 0.0114. The molecule has 0 unspecified atom stereocenters. The Kier molecular flexibility index (Phi) is 5.56. The molecule has 1 atom stereocenters. The van der Waals surface area contributed by atoms with Crippen LogP contribution in [0.25, 0.3) is 0 Å². The van der Waals surface area contributed by atoms with E-state index in [1.54, 1.807) is 0 Å². The molecule has 1 saturated heterocycles. The third-order valence-corrected chi connectivity index (χ3v) is 3.72. The van der Waals surface area contributed by atoms with Crippen molar-refractivity contribution in [3.8, 4) is 0 Å². The molecule has 1 amide bonds. The highest BCUT2D eigenvalue weighted by Gasteiger charge is 2.12. The van der Waals surface area contributed by atoms with Crippen LogP contribution in [0.1, 0.15) is 36.2 Å². The third-order valence-electron chi connectivity index (χ3n) is 3.72. The fourth-order valence-electron chi connectivity index (χ4n) is 2.19. The first-order chi connectivity index (χ1) is 9.69. The van der Waals surface area contributed by atoms with E-state index in [-0.39, 0.29) is 11.9 Å². The molecule has 1 aromatic carbocycles. The van der Waals surface area contributed by atoms with Gasteiger partial charge in [-0.15, -0.1) is 0 Å². The van der Waals surface area contributed by atoms with Crippen LogP contribution < -0.4 is 5.32 Å². The lowest BCUT2D eigenvalue weighted by Gasteiger charge is -2.26. The van der Waals surface area contributed by atoms with Crippen LogP contribution in [0.4, 0.5) is 0 Å². The fourth-order valence-corrected chi connectivity index (χ4v) is 2.19. The molecule has 0 bridgehead atoms. The van der Waals surface area contributed by atoms with E-state index in [0.29, 0.717) is 0 Å². The SMILES string of the molecule is CC[C@@H](C)NC(=O)c1ccc(CN2CCOCC2)cc1. The molecule has 1 aliphatic rings. The van der Waals surface area contributed by atoms with Crippen LogP contribution in [-0.4, -0.2) is 43.2 Å². The summed E-state index contributed by atoms with van der Waals surface area (Å²) in [5, 5.41) is 2.98. The van der Waals surface area contributed by atoms with Gasteiger partial charge in [0.25, 0.3) is 5.91 Å². The zero-order valence-corrected chi connectivity index (χ0v) is 12.4. The van der Waals surface area contributed by atoms with Gasteiger partial charge in [0.15, 0.2) is 0 Å². The quantitative estimate of drug-likeness (QED) is 0.895. The first-order valence-electron chi connectivity index (χ1n) is 7.39. The first kappa shape index (κ1) is 15.0. The van der Waals surface area contributed by atoms with Gasteiger partial charge in [0.1, 0.15) is 0 Å². The smallest absolute Gasteiger partial charge is 0.251 e. The molecule has 0 saturated carbocycles. The second-order valence-electron chi connectivity index (χ2n) is 5.37. The molecular formula is C16H24N2O2. The normalized spacial score (nSPS) is 17.7. The summed E-state index contributed by atoms with van der Waals surface area (Å²) in [5.41, 5.74) is 1.98. The van der Waals surface area contributed by atoms with Crippen LogP contribution in [0.2, 0.25) is 0 Å². The van der Waals surface area contributed by atoms with Crippen molar-refractivity contribution in [3.63, 3.8) is 0 Å². The summed E-state index contributed by atoms with van der Waals surface area (Å²) in [6.45, 7) is 8.61. The average Bonchev–Trinajstić information content (AvgIpc) is 2.49. The summed E-state index contributed by atoms with van der Waals surface area (Å²) in [5.74, 6) is 0.0114. The number of benzene rings is 1. The number of ether oxygens (including phenoxy) is 1. The van der Waals surface area contributed by atoms with Crippen molar-refractivity contribution in [2.24, 2.45) is 0 Å². The zero-order valence-electron chi connectivity index (χ0n) is 12.4. The molecule has 20 heavy (non-hydrogen) atoms. The molecule has 0 aliphatic carbocycles. The average molecular weight is 276 g/mol. The van der Waals surface area contributed by atoms with E-state index in [9.17, 15) is 4.79 Å². The van der Waals surface area contributed by atoms with Crippen molar-refractivity contribution in [2.45, 2.75) is 32.9 Å². The Bertz CT molecular complexity index is 425. The van der Waals surface area contributed by atoms with Crippen LogP contribution in [0, 0.1) is 0 Å². The molecule has 4 nitrogen and oxygen atoms in total. The lowest BCUT2D eigenvalue weighted by atomic mass is 10.1. The van der Waals surface area contributed by atoms with Crippen molar-refractivity contribution in [2.75, 3.05) is 26.3 Å². The molecule has 1 fully saturated rings. The Labute approximate surface area is 121 Å². The summed E-state index contributed by atoms with van der Waals surface area (Å²) in [7, 11) is 0. The molecule has 0 aromatic heterocycles. The number of nitrogens with zero attached hydrogens (tertiary/aromatic N) is 1. The van der Waals surface area contributed by atoms with E-state index in [1.807, 2.05) is 31.2 Å². The van der Waals surface area contributed by atoms with Crippen molar-refractivity contribution >= 4 is 5.91 Å². The molecule has 0 spiro atoms. The van der Waals surface area contributed by atoms with Gasteiger partial charge < -0.3 is 10.1 Å².